The van der Waals surface area contributed by atoms with Crippen LogP contribution in [0.1, 0.15) is 0 Å². The van der Waals surface area contributed by atoms with E-state index in [9.17, 15) is 15.3 Å². The SMILES string of the molecule is Oc1c2ccccc2nc2ccccc12.Oc1ccccc1N=Nc1ccccc1O.[Ga]. The first-order chi connectivity index (χ1) is 15.1. The van der Waals surface area contributed by atoms with Crippen LogP contribution in [-0.2, 0) is 0 Å². The van der Waals surface area contributed by atoms with E-state index in [1.165, 1.54) is 12.1 Å². The summed E-state index contributed by atoms with van der Waals surface area (Å²) in [7, 11) is 0. The van der Waals surface area contributed by atoms with Crippen LogP contribution in [0, 0.1) is 0 Å². The molecule has 0 aliphatic heterocycles. The summed E-state index contributed by atoms with van der Waals surface area (Å²) in [6.45, 7) is 0. The van der Waals surface area contributed by atoms with E-state index in [-0.39, 0.29) is 31.3 Å². The topological polar surface area (TPSA) is 98.3 Å². The van der Waals surface area contributed by atoms with Gasteiger partial charge in [-0.15, -0.1) is 10.2 Å². The summed E-state index contributed by atoms with van der Waals surface area (Å²) in [6, 6.07) is 28.4. The Labute approximate surface area is 197 Å². The molecule has 0 unspecified atom stereocenters. The average Bonchev–Trinajstić information content (AvgIpc) is 2.80. The third-order valence-corrected chi connectivity index (χ3v) is 4.59. The number of azo groups is 1. The van der Waals surface area contributed by atoms with Gasteiger partial charge in [0.25, 0.3) is 0 Å². The molecule has 32 heavy (non-hydrogen) atoms. The maximum absolute atomic E-state index is 10.1. The molecule has 5 aromatic rings. The molecule has 5 rings (SSSR count). The number of rotatable bonds is 2. The summed E-state index contributed by atoms with van der Waals surface area (Å²) in [6.07, 6.45) is 0. The van der Waals surface area contributed by atoms with Crippen LogP contribution in [0.4, 0.5) is 11.4 Å². The molecule has 0 aliphatic rings. The van der Waals surface area contributed by atoms with Crippen molar-refractivity contribution in [1.29, 1.82) is 0 Å². The minimum Gasteiger partial charge on any atom is -0.507 e. The molecule has 0 saturated carbocycles. The summed E-state index contributed by atoms with van der Waals surface area (Å²) in [5.74, 6) is 0.430. The second-order valence-corrected chi connectivity index (χ2v) is 6.67. The molecule has 0 bridgehead atoms. The quantitative estimate of drug-likeness (QED) is 0.159. The summed E-state index contributed by atoms with van der Waals surface area (Å²) in [4.78, 5) is 4.48. The number of fused-ring (bicyclic) bond motifs is 2. The van der Waals surface area contributed by atoms with Gasteiger partial charge in [0.1, 0.15) is 28.6 Å². The van der Waals surface area contributed by atoms with Crippen LogP contribution in [0.25, 0.3) is 21.8 Å². The van der Waals surface area contributed by atoms with Crippen LogP contribution >= 0.6 is 0 Å². The van der Waals surface area contributed by atoms with Gasteiger partial charge in [0.05, 0.1) is 11.0 Å². The molecular formula is C25H19GaN3O3. The molecule has 3 N–H and O–H groups in total. The van der Waals surface area contributed by atoms with Crippen LogP contribution in [0.5, 0.6) is 17.2 Å². The number of para-hydroxylation sites is 4. The van der Waals surface area contributed by atoms with Crippen molar-refractivity contribution in [2.75, 3.05) is 0 Å². The van der Waals surface area contributed by atoms with Crippen molar-refractivity contribution in [2.45, 2.75) is 0 Å². The Balaban J connectivity index is 0.000000175. The standard InChI is InChI=1S/C13H9NO.C12H10N2O2.Ga/c15-13-9-5-1-3-7-11(9)14-12-8-4-2-6-10(12)13;15-11-7-3-1-5-9(11)13-14-10-6-2-4-8-12(10)16;/h1-8H,(H,14,15);1-8,15-16H;. The van der Waals surface area contributed by atoms with Crippen LogP contribution in [0.3, 0.4) is 0 Å². The van der Waals surface area contributed by atoms with Gasteiger partial charge in [-0.1, -0.05) is 48.5 Å². The number of phenolic OH excluding ortho intramolecular Hbond substituents is 2. The van der Waals surface area contributed by atoms with Crippen LogP contribution < -0.4 is 0 Å². The van der Waals surface area contributed by atoms with Gasteiger partial charge in [-0.05, 0) is 48.5 Å². The first-order valence-corrected chi connectivity index (χ1v) is 9.57. The van der Waals surface area contributed by atoms with Gasteiger partial charge in [0.15, 0.2) is 0 Å². The number of hydrogen-bond donors (Lipinski definition) is 3. The summed E-state index contributed by atoms with van der Waals surface area (Å²) < 4.78 is 0. The van der Waals surface area contributed by atoms with Crippen molar-refractivity contribution in [3.05, 3.63) is 97.1 Å². The fraction of sp³-hybridized carbons (Fsp3) is 0. The van der Waals surface area contributed by atoms with Gasteiger partial charge in [-0.2, -0.15) is 0 Å². The van der Waals surface area contributed by atoms with Crippen molar-refractivity contribution >= 4 is 53.0 Å². The Bertz CT molecular complexity index is 1290. The second-order valence-electron chi connectivity index (χ2n) is 6.67. The van der Waals surface area contributed by atoms with E-state index in [0.717, 1.165) is 21.8 Å². The van der Waals surface area contributed by atoms with E-state index in [1.807, 2.05) is 48.5 Å². The molecule has 0 saturated heterocycles. The van der Waals surface area contributed by atoms with E-state index in [0.29, 0.717) is 17.1 Å². The molecule has 7 heteroatoms. The molecule has 0 aliphatic carbocycles. The minimum absolute atomic E-state index is 0. The smallest absolute Gasteiger partial charge is 0.143 e. The van der Waals surface area contributed by atoms with Crippen molar-refractivity contribution < 1.29 is 15.3 Å². The molecule has 1 heterocycles. The zero-order valence-corrected chi connectivity index (χ0v) is 19.4. The van der Waals surface area contributed by atoms with E-state index in [4.69, 9.17) is 0 Å². The summed E-state index contributed by atoms with van der Waals surface area (Å²) in [5.41, 5.74) is 2.39. The number of aromatic hydroxyl groups is 3. The molecule has 0 atom stereocenters. The molecule has 6 nitrogen and oxygen atoms in total. The Kier molecular flexibility index (Phi) is 7.48. The number of hydrogen-bond acceptors (Lipinski definition) is 6. The summed E-state index contributed by atoms with van der Waals surface area (Å²) >= 11 is 0. The second kappa shape index (κ2) is 10.5. The molecule has 3 radical (unpaired) electrons. The first kappa shape index (κ1) is 22.9. The largest absolute Gasteiger partial charge is 0.507 e. The van der Waals surface area contributed by atoms with E-state index in [2.05, 4.69) is 15.2 Å². The third kappa shape index (κ3) is 5.08. The average molecular weight is 479 g/mol. The van der Waals surface area contributed by atoms with Gasteiger partial charge in [0.2, 0.25) is 0 Å². The maximum atomic E-state index is 10.1. The number of benzene rings is 4. The zero-order valence-electron chi connectivity index (χ0n) is 17.0. The zero-order chi connectivity index (χ0) is 21.6. The predicted molar refractivity (Wildman–Crippen MR) is 127 cm³/mol. The van der Waals surface area contributed by atoms with E-state index >= 15 is 0 Å². The fourth-order valence-electron chi connectivity index (χ4n) is 3.02. The number of phenols is 2. The normalized spacial score (nSPS) is 10.5. The van der Waals surface area contributed by atoms with Gasteiger partial charge < -0.3 is 15.3 Å². The van der Waals surface area contributed by atoms with Gasteiger partial charge in [-0.25, -0.2) is 4.98 Å². The molecule has 0 fully saturated rings. The summed E-state index contributed by atoms with van der Waals surface area (Å²) in [5, 5.41) is 38.3. The van der Waals surface area contributed by atoms with Gasteiger partial charge >= 0.3 is 0 Å². The number of aromatic nitrogens is 1. The molecule has 1 aromatic heterocycles. The van der Waals surface area contributed by atoms with Crippen LogP contribution in [-0.4, -0.2) is 40.1 Å². The Hall–Kier alpha value is -3.81. The predicted octanol–water partition coefficient (Wildman–Crippen LogP) is 6.23. The molecule has 0 spiro atoms. The monoisotopic (exact) mass is 478 g/mol. The minimum atomic E-state index is 0. The van der Waals surface area contributed by atoms with Crippen molar-refractivity contribution in [3.63, 3.8) is 0 Å². The maximum Gasteiger partial charge on any atom is 0.143 e. The molecule has 155 valence electrons. The van der Waals surface area contributed by atoms with Crippen LogP contribution in [0.2, 0.25) is 0 Å². The molecular weight excluding hydrogens is 460 g/mol. The Morgan fingerprint density at radius 1 is 0.500 bits per heavy atom. The number of nitrogens with zero attached hydrogens (tertiary/aromatic N) is 3. The van der Waals surface area contributed by atoms with Crippen molar-refractivity contribution in [1.82, 2.24) is 4.98 Å². The van der Waals surface area contributed by atoms with E-state index < -0.39 is 0 Å². The Morgan fingerprint density at radius 3 is 1.31 bits per heavy atom. The first-order valence-electron chi connectivity index (χ1n) is 9.57. The van der Waals surface area contributed by atoms with Crippen molar-refractivity contribution in [3.8, 4) is 17.2 Å². The van der Waals surface area contributed by atoms with Crippen molar-refractivity contribution in [2.24, 2.45) is 10.2 Å². The van der Waals surface area contributed by atoms with Crippen LogP contribution in [0.15, 0.2) is 107 Å². The van der Waals surface area contributed by atoms with Gasteiger partial charge in [0, 0.05) is 30.6 Å². The third-order valence-electron chi connectivity index (χ3n) is 4.59. The molecule has 0 amide bonds. The van der Waals surface area contributed by atoms with E-state index in [1.54, 1.807) is 36.4 Å². The number of pyridine rings is 1. The molecule has 4 aromatic carbocycles. The Morgan fingerprint density at radius 2 is 0.875 bits per heavy atom. The fourth-order valence-corrected chi connectivity index (χ4v) is 3.02. The van der Waals surface area contributed by atoms with Gasteiger partial charge in [-0.3, -0.25) is 0 Å².